The molecule has 0 N–H and O–H groups in total. The van der Waals surface area contributed by atoms with Gasteiger partial charge in [-0.15, -0.1) is 0 Å². The number of hydrogen-bond donors (Lipinski definition) is 0. The van der Waals surface area contributed by atoms with Gasteiger partial charge in [-0.1, -0.05) is 106 Å². The summed E-state index contributed by atoms with van der Waals surface area (Å²) in [5.41, 5.74) is 6.69. The lowest BCUT2D eigenvalue weighted by molar-refractivity contribution is 0.620. The fraction of sp³-hybridized carbons (Fsp3) is 0.314. The highest BCUT2D eigenvalue weighted by atomic mass is 19.1. The molecular weight excluding hydrogens is 439 g/mol. The Balaban J connectivity index is 1.39. The normalized spacial score (nSPS) is 10.9. The van der Waals surface area contributed by atoms with Crippen molar-refractivity contribution in [3.05, 3.63) is 118 Å². The zero-order valence-corrected chi connectivity index (χ0v) is 21.7. The summed E-state index contributed by atoms with van der Waals surface area (Å²) in [6, 6.07) is 27.1. The first kappa shape index (κ1) is 25.7. The van der Waals surface area contributed by atoms with Gasteiger partial charge in [0.1, 0.15) is 5.82 Å². The third-order valence-corrected chi connectivity index (χ3v) is 6.90. The molecule has 0 aromatic heterocycles. The Labute approximate surface area is 216 Å². The summed E-state index contributed by atoms with van der Waals surface area (Å²) in [5.74, 6) is 6.37. The average molecular weight is 477 g/mol. The molecule has 4 aromatic carbocycles. The van der Waals surface area contributed by atoms with Crippen molar-refractivity contribution in [2.75, 3.05) is 0 Å². The Kier molecular flexibility index (Phi) is 9.34. The quantitative estimate of drug-likeness (QED) is 0.158. The van der Waals surface area contributed by atoms with Gasteiger partial charge < -0.3 is 0 Å². The summed E-state index contributed by atoms with van der Waals surface area (Å²) in [6.45, 7) is 4.43. The summed E-state index contributed by atoms with van der Waals surface area (Å²) < 4.78 is 15.3. The van der Waals surface area contributed by atoms with Gasteiger partial charge in [-0.3, -0.25) is 0 Å². The number of hydrogen-bond acceptors (Lipinski definition) is 0. The van der Waals surface area contributed by atoms with Crippen LogP contribution in [0.2, 0.25) is 0 Å². The molecular formula is C35H37F. The largest absolute Gasteiger partial charge is 0.206 e. The average Bonchev–Trinajstić information content (AvgIpc) is 2.91. The Bertz CT molecular complexity index is 1320. The molecule has 184 valence electrons. The van der Waals surface area contributed by atoms with Crippen molar-refractivity contribution in [2.24, 2.45) is 0 Å². The van der Waals surface area contributed by atoms with Gasteiger partial charge in [0.2, 0.25) is 0 Å². The number of benzene rings is 4. The van der Waals surface area contributed by atoms with E-state index < -0.39 is 0 Å². The second-order valence-electron chi connectivity index (χ2n) is 9.80. The lowest BCUT2D eigenvalue weighted by Crippen LogP contribution is -1.96. The number of rotatable bonds is 10. The van der Waals surface area contributed by atoms with E-state index >= 15 is 4.39 Å². The predicted octanol–water partition coefficient (Wildman–Crippen LogP) is 9.24. The Morgan fingerprint density at radius 2 is 1.19 bits per heavy atom. The van der Waals surface area contributed by atoms with Crippen molar-refractivity contribution in [3.63, 3.8) is 0 Å². The van der Waals surface area contributed by atoms with E-state index in [-0.39, 0.29) is 5.82 Å². The van der Waals surface area contributed by atoms with Crippen LogP contribution in [-0.2, 0) is 25.7 Å². The standard InChI is InChI=1S/C35H37F/c1-3-5-6-7-9-28-12-16-30(17-13-28)20-22-32-23-24-33-26-31(21-25-34(33)35(32)36)19-18-29-14-10-27(8-4-2)11-15-29/h10-17,21,23-26H,3-9,20,22H2,1-2H3. The van der Waals surface area contributed by atoms with Gasteiger partial charge in [0.25, 0.3) is 0 Å². The third-order valence-electron chi connectivity index (χ3n) is 6.90. The van der Waals surface area contributed by atoms with E-state index in [4.69, 9.17) is 0 Å². The van der Waals surface area contributed by atoms with Crippen LogP contribution in [0.15, 0.2) is 78.9 Å². The van der Waals surface area contributed by atoms with E-state index in [1.54, 1.807) is 0 Å². The highest BCUT2D eigenvalue weighted by Gasteiger charge is 2.08. The molecule has 0 fully saturated rings. The molecule has 0 spiro atoms. The number of aryl methyl sites for hydroxylation is 4. The number of unbranched alkanes of at least 4 members (excludes halogenated alkanes) is 3. The third kappa shape index (κ3) is 7.08. The van der Waals surface area contributed by atoms with E-state index in [0.717, 1.165) is 47.8 Å². The molecule has 0 saturated carbocycles. The van der Waals surface area contributed by atoms with Crippen LogP contribution in [0.4, 0.5) is 4.39 Å². The lowest BCUT2D eigenvalue weighted by atomic mass is 9.98. The van der Waals surface area contributed by atoms with E-state index in [1.807, 2.05) is 30.3 Å². The smallest absolute Gasteiger partial charge is 0.134 e. The Morgan fingerprint density at radius 1 is 0.556 bits per heavy atom. The van der Waals surface area contributed by atoms with Gasteiger partial charge in [-0.05, 0) is 84.0 Å². The topological polar surface area (TPSA) is 0 Å². The van der Waals surface area contributed by atoms with Gasteiger partial charge in [0.05, 0.1) is 0 Å². The van der Waals surface area contributed by atoms with E-state index in [1.165, 1.54) is 42.4 Å². The van der Waals surface area contributed by atoms with Crippen LogP contribution in [0.5, 0.6) is 0 Å². The number of halogens is 1. The summed E-state index contributed by atoms with van der Waals surface area (Å²) >= 11 is 0. The molecule has 0 aliphatic heterocycles. The monoisotopic (exact) mass is 476 g/mol. The van der Waals surface area contributed by atoms with Crippen molar-refractivity contribution >= 4 is 10.8 Å². The molecule has 0 unspecified atom stereocenters. The van der Waals surface area contributed by atoms with E-state index in [0.29, 0.717) is 11.8 Å². The minimum absolute atomic E-state index is 0.105. The van der Waals surface area contributed by atoms with Crippen molar-refractivity contribution in [1.29, 1.82) is 0 Å². The lowest BCUT2D eigenvalue weighted by Gasteiger charge is -2.08. The molecule has 0 nitrogen and oxygen atoms in total. The SMILES string of the molecule is CCCCCCc1ccc(CCc2ccc3cc(C#Cc4ccc(CCC)cc4)ccc3c2F)cc1. The van der Waals surface area contributed by atoms with E-state index in [2.05, 4.69) is 74.2 Å². The maximum atomic E-state index is 15.3. The first-order valence-electron chi connectivity index (χ1n) is 13.6. The summed E-state index contributed by atoms with van der Waals surface area (Å²) in [4.78, 5) is 0. The molecule has 1 heteroatoms. The molecule has 0 aliphatic rings. The van der Waals surface area contributed by atoms with Crippen molar-refractivity contribution in [1.82, 2.24) is 0 Å². The van der Waals surface area contributed by atoms with Gasteiger partial charge in [0, 0.05) is 16.5 Å². The molecule has 4 aromatic rings. The molecule has 0 amide bonds. The van der Waals surface area contributed by atoms with Crippen LogP contribution in [0, 0.1) is 17.7 Å². The molecule has 0 atom stereocenters. The van der Waals surface area contributed by atoms with Crippen LogP contribution in [0.25, 0.3) is 10.8 Å². The summed E-state index contributed by atoms with van der Waals surface area (Å²) in [7, 11) is 0. The highest BCUT2D eigenvalue weighted by molar-refractivity contribution is 5.85. The van der Waals surface area contributed by atoms with Crippen molar-refractivity contribution in [3.8, 4) is 11.8 Å². The van der Waals surface area contributed by atoms with Gasteiger partial charge >= 0.3 is 0 Å². The fourth-order valence-electron chi connectivity index (χ4n) is 4.70. The van der Waals surface area contributed by atoms with E-state index in [9.17, 15) is 0 Å². The van der Waals surface area contributed by atoms with Gasteiger partial charge in [-0.2, -0.15) is 0 Å². The van der Waals surface area contributed by atoms with Crippen LogP contribution in [-0.4, -0.2) is 0 Å². The molecule has 0 saturated heterocycles. The van der Waals surface area contributed by atoms with Crippen molar-refractivity contribution in [2.45, 2.75) is 71.6 Å². The zero-order valence-electron chi connectivity index (χ0n) is 21.7. The molecule has 4 rings (SSSR count). The van der Waals surface area contributed by atoms with Crippen LogP contribution < -0.4 is 0 Å². The Morgan fingerprint density at radius 3 is 1.92 bits per heavy atom. The first-order valence-corrected chi connectivity index (χ1v) is 13.6. The minimum Gasteiger partial charge on any atom is -0.206 e. The molecule has 0 radical (unpaired) electrons. The van der Waals surface area contributed by atoms with Gasteiger partial charge in [-0.25, -0.2) is 4.39 Å². The highest BCUT2D eigenvalue weighted by Crippen LogP contribution is 2.24. The Hall–Kier alpha value is -3.37. The predicted molar refractivity (Wildman–Crippen MR) is 152 cm³/mol. The second-order valence-corrected chi connectivity index (χ2v) is 9.80. The number of fused-ring (bicyclic) bond motifs is 1. The second kappa shape index (κ2) is 13.1. The van der Waals surface area contributed by atoms with Crippen LogP contribution in [0.3, 0.4) is 0 Å². The van der Waals surface area contributed by atoms with Crippen molar-refractivity contribution < 1.29 is 4.39 Å². The molecule has 0 bridgehead atoms. The minimum atomic E-state index is -0.105. The fourth-order valence-corrected chi connectivity index (χ4v) is 4.70. The molecule has 0 aliphatic carbocycles. The zero-order chi connectivity index (χ0) is 25.2. The van der Waals surface area contributed by atoms with Crippen LogP contribution >= 0.6 is 0 Å². The summed E-state index contributed by atoms with van der Waals surface area (Å²) in [6.07, 6.45) is 10.1. The van der Waals surface area contributed by atoms with Gasteiger partial charge in [0.15, 0.2) is 0 Å². The summed E-state index contributed by atoms with van der Waals surface area (Å²) in [5, 5.41) is 1.57. The molecule has 0 heterocycles. The maximum absolute atomic E-state index is 15.3. The molecule has 36 heavy (non-hydrogen) atoms. The van der Waals surface area contributed by atoms with Crippen LogP contribution in [0.1, 0.15) is 79.3 Å². The first-order chi connectivity index (χ1) is 17.7. The maximum Gasteiger partial charge on any atom is 0.134 e.